The van der Waals surface area contributed by atoms with E-state index in [2.05, 4.69) is 55.5 Å². The number of carbonyl (C=O) groups is 2. The van der Waals surface area contributed by atoms with E-state index in [0.29, 0.717) is 25.9 Å². The monoisotopic (exact) mass is 548 g/mol. The van der Waals surface area contributed by atoms with E-state index in [1.54, 1.807) is 22.7 Å². The zero-order valence-corrected chi connectivity index (χ0v) is 23.2. The van der Waals surface area contributed by atoms with Crippen molar-refractivity contribution < 1.29 is 19.1 Å². The molecular formula is C27H40N4O4S2. The van der Waals surface area contributed by atoms with Gasteiger partial charge in [-0.15, -0.1) is 22.7 Å². The molecule has 2 fully saturated rings. The maximum absolute atomic E-state index is 12.5. The Balaban J connectivity index is 1.10. The minimum Gasteiger partial charge on any atom is -0.379 e. The van der Waals surface area contributed by atoms with Crippen LogP contribution in [0.3, 0.4) is 0 Å². The van der Waals surface area contributed by atoms with Crippen molar-refractivity contribution in [3.63, 3.8) is 0 Å². The molecular weight excluding hydrogens is 508 g/mol. The molecule has 4 rings (SSSR count). The predicted octanol–water partition coefficient (Wildman–Crippen LogP) is 3.44. The Morgan fingerprint density at radius 1 is 0.730 bits per heavy atom. The summed E-state index contributed by atoms with van der Waals surface area (Å²) in [7, 11) is 0. The van der Waals surface area contributed by atoms with Crippen molar-refractivity contribution in [1.82, 2.24) is 20.4 Å². The van der Waals surface area contributed by atoms with Crippen LogP contribution in [0.25, 0.3) is 0 Å². The third-order valence-corrected chi connectivity index (χ3v) is 8.96. The second-order valence-corrected chi connectivity index (χ2v) is 11.5. The third-order valence-electron chi connectivity index (χ3n) is 7.01. The summed E-state index contributed by atoms with van der Waals surface area (Å²) < 4.78 is 11.0. The van der Waals surface area contributed by atoms with Gasteiger partial charge in [0.15, 0.2) is 0 Å². The lowest BCUT2D eigenvalue weighted by Crippen LogP contribution is -2.43. The van der Waals surface area contributed by atoms with Crippen LogP contribution in [0.15, 0.2) is 35.0 Å². The molecule has 0 unspecified atom stereocenters. The molecule has 2 N–H and O–H groups in total. The highest BCUT2D eigenvalue weighted by Gasteiger charge is 2.25. The first kappa shape index (κ1) is 28.2. The summed E-state index contributed by atoms with van der Waals surface area (Å²) in [6, 6.07) is 8.82. The highest BCUT2D eigenvalue weighted by atomic mass is 32.1. The predicted molar refractivity (Wildman–Crippen MR) is 148 cm³/mol. The lowest BCUT2D eigenvalue weighted by atomic mass is 10.1. The van der Waals surface area contributed by atoms with Gasteiger partial charge in [-0.25, -0.2) is 0 Å². The number of nitrogens with zero attached hydrogens (tertiary/aromatic N) is 2. The second-order valence-electron chi connectivity index (χ2n) is 9.53. The zero-order chi connectivity index (χ0) is 25.7. The average Bonchev–Trinajstić information content (AvgIpc) is 3.65. The number of rotatable bonds is 14. The first-order valence-electron chi connectivity index (χ1n) is 13.4. The highest BCUT2D eigenvalue weighted by Crippen LogP contribution is 2.26. The van der Waals surface area contributed by atoms with E-state index in [9.17, 15) is 9.59 Å². The standard InChI is InChI=1S/C27H40N4O4S2/c32-26(28-20-22(24-6-4-18-36-24)30-10-14-34-15-11-30)8-2-1-3-9-27(33)29-21-23(25-7-5-19-37-25)31-12-16-35-17-13-31/h4-7,18-19,22-23H,1-3,8-17,20-21H2,(H,28,32)(H,29,33)/t22-,23-/m1/s1. The Morgan fingerprint density at radius 2 is 1.16 bits per heavy atom. The molecule has 0 saturated carbocycles. The first-order chi connectivity index (χ1) is 18.2. The van der Waals surface area contributed by atoms with E-state index >= 15 is 0 Å². The van der Waals surface area contributed by atoms with Gasteiger partial charge in [0.2, 0.25) is 11.8 Å². The van der Waals surface area contributed by atoms with Crippen molar-refractivity contribution in [3.8, 4) is 0 Å². The maximum Gasteiger partial charge on any atom is 0.220 e. The number of unbranched alkanes of at least 4 members (excludes halogenated alkanes) is 2. The summed E-state index contributed by atoms with van der Waals surface area (Å²) in [5.41, 5.74) is 0. The van der Waals surface area contributed by atoms with Crippen molar-refractivity contribution in [2.45, 2.75) is 44.2 Å². The third kappa shape index (κ3) is 9.15. The van der Waals surface area contributed by atoms with Gasteiger partial charge in [0.05, 0.1) is 38.5 Å². The van der Waals surface area contributed by atoms with Gasteiger partial charge in [-0.3, -0.25) is 19.4 Å². The van der Waals surface area contributed by atoms with Gasteiger partial charge in [-0.1, -0.05) is 18.6 Å². The SMILES string of the molecule is O=C(CCCCCC(=O)NC[C@H](c1cccs1)N1CCOCC1)NC[C@H](c1cccs1)N1CCOCC1. The van der Waals surface area contributed by atoms with Gasteiger partial charge in [0.25, 0.3) is 0 Å². The normalized spacial score (nSPS) is 18.8. The molecule has 2 aliphatic rings. The van der Waals surface area contributed by atoms with Crippen LogP contribution in [0.1, 0.15) is 53.9 Å². The van der Waals surface area contributed by atoms with E-state index in [-0.39, 0.29) is 23.9 Å². The number of morpholine rings is 2. The van der Waals surface area contributed by atoms with E-state index in [0.717, 1.165) is 71.9 Å². The topological polar surface area (TPSA) is 83.1 Å². The Hall–Kier alpha value is -1.82. The molecule has 0 bridgehead atoms. The molecule has 2 aromatic heterocycles. The van der Waals surface area contributed by atoms with E-state index in [1.807, 2.05) is 0 Å². The molecule has 4 heterocycles. The van der Waals surface area contributed by atoms with Crippen molar-refractivity contribution in [3.05, 3.63) is 44.8 Å². The maximum atomic E-state index is 12.5. The number of hydrogen-bond donors (Lipinski definition) is 2. The number of thiophene rings is 2. The van der Waals surface area contributed by atoms with Crippen LogP contribution in [-0.4, -0.2) is 87.3 Å². The van der Waals surface area contributed by atoms with Gasteiger partial charge in [0, 0.05) is 61.9 Å². The molecule has 0 aromatic carbocycles. The Bertz CT molecular complexity index is 839. The van der Waals surface area contributed by atoms with Crippen LogP contribution in [-0.2, 0) is 19.1 Å². The zero-order valence-electron chi connectivity index (χ0n) is 21.6. The fourth-order valence-corrected chi connectivity index (χ4v) is 6.63. The van der Waals surface area contributed by atoms with Crippen molar-refractivity contribution in [1.29, 1.82) is 0 Å². The minimum absolute atomic E-state index is 0.0866. The molecule has 2 atom stereocenters. The van der Waals surface area contributed by atoms with Crippen LogP contribution in [0.5, 0.6) is 0 Å². The summed E-state index contributed by atoms with van der Waals surface area (Å²) in [4.78, 5) is 32.3. The highest BCUT2D eigenvalue weighted by molar-refractivity contribution is 7.10. The largest absolute Gasteiger partial charge is 0.379 e. The number of amides is 2. The van der Waals surface area contributed by atoms with Crippen LogP contribution >= 0.6 is 22.7 Å². The molecule has 204 valence electrons. The molecule has 37 heavy (non-hydrogen) atoms. The Morgan fingerprint density at radius 3 is 1.54 bits per heavy atom. The minimum atomic E-state index is 0.0866. The average molecular weight is 549 g/mol. The molecule has 2 saturated heterocycles. The second kappa shape index (κ2) is 15.6. The van der Waals surface area contributed by atoms with E-state index < -0.39 is 0 Å². The quantitative estimate of drug-likeness (QED) is 0.352. The summed E-state index contributed by atoms with van der Waals surface area (Å²) >= 11 is 3.47. The number of hydrogen-bond acceptors (Lipinski definition) is 8. The van der Waals surface area contributed by atoms with Gasteiger partial charge in [-0.2, -0.15) is 0 Å². The van der Waals surface area contributed by atoms with E-state index in [1.165, 1.54) is 9.75 Å². The Labute approximate surface area is 228 Å². The molecule has 0 aliphatic carbocycles. The molecule has 8 nitrogen and oxygen atoms in total. The smallest absolute Gasteiger partial charge is 0.220 e. The van der Waals surface area contributed by atoms with Gasteiger partial charge < -0.3 is 20.1 Å². The summed E-state index contributed by atoms with van der Waals surface area (Å²) in [6.45, 7) is 7.77. The number of ether oxygens (including phenoxy) is 2. The van der Waals surface area contributed by atoms with Gasteiger partial charge in [0.1, 0.15) is 0 Å². The Kier molecular flexibility index (Phi) is 11.9. The molecule has 2 amide bonds. The first-order valence-corrected chi connectivity index (χ1v) is 15.2. The van der Waals surface area contributed by atoms with Gasteiger partial charge >= 0.3 is 0 Å². The molecule has 2 aromatic rings. The van der Waals surface area contributed by atoms with Crippen molar-refractivity contribution in [2.24, 2.45) is 0 Å². The summed E-state index contributed by atoms with van der Waals surface area (Å²) in [5.74, 6) is 0.173. The fourth-order valence-electron chi connectivity index (χ4n) is 4.91. The fraction of sp³-hybridized carbons (Fsp3) is 0.630. The van der Waals surface area contributed by atoms with Crippen LogP contribution < -0.4 is 10.6 Å². The number of carbonyl (C=O) groups excluding carboxylic acids is 2. The lowest BCUT2D eigenvalue weighted by Gasteiger charge is -2.34. The summed E-state index contributed by atoms with van der Waals surface area (Å²) in [5, 5.41) is 10.5. The van der Waals surface area contributed by atoms with E-state index in [4.69, 9.17) is 9.47 Å². The van der Waals surface area contributed by atoms with Crippen LogP contribution in [0, 0.1) is 0 Å². The van der Waals surface area contributed by atoms with Crippen molar-refractivity contribution in [2.75, 3.05) is 65.7 Å². The van der Waals surface area contributed by atoms with Gasteiger partial charge in [-0.05, 0) is 35.7 Å². The van der Waals surface area contributed by atoms with Crippen LogP contribution in [0.4, 0.5) is 0 Å². The summed E-state index contributed by atoms with van der Waals surface area (Å²) in [6.07, 6.45) is 3.47. The van der Waals surface area contributed by atoms with Crippen LogP contribution in [0.2, 0.25) is 0 Å². The number of nitrogens with one attached hydrogen (secondary N) is 2. The molecule has 0 spiro atoms. The molecule has 2 aliphatic heterocycles. The lowest BCUT2D eigenvalue weighted by molar-refractivity contribution is -0.122. The van der Waals surface area contributed by atoms with Crippen molar-refractivity contribution >= 4 is 34.5 Å². The molecule has 0 radical (unpaired) electrons. The molecule has 10 heteroatoms.